The average molecular weight is 268 g/mol. The number of hydrogen-bond donors (Lipinski definition) is 0. The normalized spacial score (nSPS) is 17.5. The molecule has 0 bridgehead atoms. The van der Waals surface area contributed by atoms with E-state index in [1.54, 1.807) is 0 Å². The standard InChI is InChI=1S/C18H20S/c1-12-8-9-15(14(3)13(12)2)10-17-11-16-6-4-5-7-18(16)19-17/h4-9,17H,10-11H2,1-3H3. The van der Waals surface area contributed by atoms with Gasteiger partial charge >= 0.3 is 0 Å². The van der Waals surface area contributed by atoms with E-state index in [9.17, 15) is 0 Å². The third-order valence-corrected chi connectivity index (χ3v) is 5.65. The molecule has 1 unspecified atom stereocenters. The summed E-state index contributed by atoms with van der Waals surface area (Å²) in [7, 11) is 0. The predicted molar refractivity (Wildman–Crippen MR) is 84.1 cm³/mol. The number of benzene rings is 2. The van der Waals surface area contributed by atoms with E-state index in [1.807, 2.05) is 11.8 Å². The molecule has 0 N–H and O–H groups in total. The van der Waals surface area contributed by atoms with E-state index in [4.69, 9.17) is 0 Å². The number of rotatable bonds is 2. The topological polar surface area (TPSA) is 0 Å². The summed E-state index contributed by atoms with van der Waals surface area (Å²) in [4.78, 5) is 1.48. The van der Waals surface area contributed by atoms with Gasteiger partial charge in [0.15, 0.2) is 0 Å². The van der Waals surface area contributed by atoms with Gasteiger partial charge in [-0.25, -0.2) is 0 Å². The molecular formula is C18H20S. The molecule has 2 aromatic carbocycles. The van der Waals surface area contributed by atoms with Crippen molar-refractivity contribution >= 4 is 11.8 Å². The van der Waals surface area contributed by atoms with Crippen molar-refractivity contribution in [1.29, 1.82) is 0 Å². The van der Waals surface area contributed by atoms with Crippen molar-refractivity contribution in [2.45, 2.75) is 43.8 Å². The van der Waals surface area contributed by atoms with Crippen molar-refractivity contribution in [3.63, 3.8) is 0 Å². The summed E-state index contributed by atoms with van der Waals surface area (Å²) in [6, 6.07) is 13.4. The molecule has 0 amide bonds. The number of hydrogen-bond acceptors (Lipinski definition) is 1. The van der Waals surface area contributed by atoms with Crippen molar-refractivity contribution in [2.75, 3.05) is 0 Å². The van der Waals surface area contributed by atoms with Crippen LogP contribution in [0, 0.1) is 20.8 Å². The molecule has 0 saturated carbocycles. The molecule has 0 fully saturated rings. The lowest BCUT2D eigenvalue weighted by atomic mass is 9.95. The Hall–Kier alpha value is -1.21. The van der Waals surface area contributed by atoms with E-state index in [0.29, 0.717) is 5.25 Å². The first-order valence-corrected chi connectivity index (χ1v) is 7.83. The maximum Gasteiger partial charge on any atom is 0.0176 e. The van der Waals surface area contributed by atoms with Crippen molar-refractivity contribution in [3.05, 3.63) is 64.2 Å². The third kappa shape index (κ3) is 2.44. The van der Waals surface area contributed by atoms with Gasteiger partial charge < -0.3 is 0 Å². The van der Waals surface area contributed by atoms with Crippen LogP contribution in [0.1, 0.15) is 27.8 Å². The molecule has 98 valence electrons. The summed E-state index contributed by atoms with van der Waals surface area (Å²) >= 11 is 2.05. The molecule has 1 heteroatoms. The molecule has 19 heavy (non-hydrogen) atoms. The van der Waals surface area contributed by atoms with E-state index in [1.165, 1.54) is 45.6 Å². The van der Waals surface area contributed by atoms with Gasteiger partial charge in [0, 0.05) is 10.1 Å². The first-order chi connectivity index (χ1) is 9.15. The minimum atomic E-state index is 0.707. The third-order valence-electron chi connectivity index (χ3n) is 4.33. The smallest absolute Gasteiger partial charge is 0.0176 e. The van der Waals surface area contributed by atoms with Crippen LogP contribution in [0.2, 0.25) is 0 Å². The Balaban J connectivity index is 1.80. The highest BCUT2D eigenvalue weighted by atomic mass is 32.2. The van der Waals surface area contributed by atoms with Gasteiger partial charge in [-0.15, -0.1) is 11.8 Å². The summed E-state index contributed by atoms with van der Waals surface area (Å²) in [5, 5.41) is 0.707. The fraction of sp³-hybridized carbons (Fsp3) is 0.333. The number of thioether (sulfide) groups is 1. The lowest BCUT2D eigenvalue weighted by molar-refractivity contribution is 0.849. The second-order valence-corrected chi connectivity index (χ2v) is 6.89. The Labute approximate surface area is 120 Å². The molecule has 0 spiro atoms. The van der Waals surface area contributed by atoms with Crippen molar-refractivity contribution in [2.24, 2.45) is 0 Å². The molecule has 0 aliphatic carbocycles. The second-order valence-electron chi connectivity index (χ2n) is 5.55. The van der Waals surface area contributed by atoms with Crippen LogP contribution >= 0.6 is 11.8 Å². The number of aryl methyl sites for hydroxylation is 1. The van der Waals surface area contributed by atoms with Crippen molar-refractivity contribution < 1.29 is 0 Å². The van der Waals surface area contributed by atoms with Crippen molar-refractivity contribution in [1.82, 2.24) is 0 Å². The number of fused-ring (bicyclic) bond motifs is 1. The average Bonchev–Trinajstić information content (AvgIpc) is 2.82. The van der Waals surface area contributed by atoms with Gasteiger partial charge in [0.25, 0.3) is 0 Å². The molecule has 1 heterocycles. The monoisotopic (exact) mass is 268 g/mol. The molecule has 1 aliphatic heterocycles. The van der Waals surface area contributed by atoms with Crippen LogP contribution in [0.5, 0.6) is 0 Å². The van der Waals surface area contributed by atoms with Gasteiger partial charge in [0.05, 0.1) is 0 Å². The zero-order valence-corrected chi connectivity index (χ0v) is 12.7. The van der Waals surface area contributed by atoms with Gasteiger partial charge in [0.1, 0.15) is 0 Å². The predicted octanol–water partition coefficient (Wildman–Crippen LogP) is 4.87. The molecule has 0 saturated heterocycles. The first kappa shape index (κ1) is 12.8. The zero-order chi connectivity index (χ0) is 13.4. The Morgan fingerprint density at radius 3 is 2.58 bits per heavy atom. The van der Waals surface area contributed by atoms with Crippen LogP contribution in [0.15, 0.2) is 41.3 Å². The minimum absolute atomic E-state index is 0.707. The summed E-state index contributed by atoms with van der Waals surface area (Å²) in [6.07, 6.45) is 2.40. The largest absolute Gasteiger partial charge is 0.122 e. The molecule has 0 radical (unpaired) electrons. The van der Waals surface area contributed by atoms with Crippen LogP contribution in [0.4, 0.5) is 0 Å². The maximum absolute atomic E-state index is 2.32. The highest BCUT2D eigenvalue weighted by Crippen LogP contribution is 2.38. The van der Waals surface area contributed by atoms with E-state index in [-0.39, 0.29) is 0 Å². The SMILES string of the molecule is Cc1ccc(CC2Cc3ccccc3S2)c(C)c1C. The summed E-state index contributed by atoms with van der Waals surface area (Å²) in [5.41, 5.74) is 7.39. The van der Waals surface area contributed by atoms with E-state index in [0.717, 1.165) is 0 Å². The molecule has 1 atom stereocenters. The zero-order valence-electron chi connectivity index (χ0n) is 11.9. The Morgan fingerprint density at radius 2 is 1.79 bits per heavy atom. The van der Waals surface area contributed by atoms with Crippen LogP contribution in [-0.2, 0) is 12.8 Å². The van der Waals surface area contributed by atoms with E-state index < -0.39 is 0 Å². The van der Waals surface area contributed by atoms with Crippen molar-refractivity contribution in [3.8, 4) is 0 Å². The van der Waals surface area contributed by atoms with Crippen LogP contribution < -0.4 is 0 Å². The molecule has 1 aliphatic rings. The molecular weight excluding hydrogens is 248 g/mol. The maximum atomic E-state index is 2.32. The van der Waals surface area contributed by atoms with Crippen LogP contribution in [-0.4, -0.2) is 5.25 Å². The van der Waals surface area contributed by atoms with Gasteiger partial charge in [-0.3, -0.25) is 0 Å². The van der Waals surface area contributed by atoms with E-state index >= 15 is 0 Å². The fourth-order valence-electron chi connectivity index (χ4n) is 2.85. The first-order valence-electron chi connectivity index (χ1n) is 6.95. The summed E-state index contributed by atoms with van der Waals surface area (Å²) in [5.74, 6) is 0. The quantitative estimate of drug-likeness (QED) is 0.748. The summed E-state index contributed by atoms with van der Waals surface area (Å²) < 4.78 is 0. The molecule has 0 nitrogen and oxygen atoms in total. The lowest BCUT2D eigenvalue weighted by Gasteiger charge is -2.14. The van der Waals surface area contributed by atoms with E-state index in [2.05, 4.69) is 57.2 Å². The van der Waals surface area contributed by atoms with Crippen LogP contribution in [0.25, 0.3) is 0 Å². The molecule has 0 aromatic heterocycles. The molecule has 2 aromatic rings. The Morgan fingerprint density at radius 1 is 1.00 bits per heavy atom. The minimum Gasteiger partial charge on any atom is -0.122 e. The molecule has 3 rings (SSSR count). The highest BCUT2D eigenvalue weighted by Gasteiger charge is 2.22. The Kier molecular flexibility index (Phi) is 3.40. The van der Waals surface area contributed by atoms with Gasteiger partial charge in [-0.05, 0) is 67.5 Å². The fourth-order valence-corrected chi connectivity index (χ4v) is 4.19. The summed E-state index contributed by atoms with van der Waals surface area (Å²) in [6.45, 7) is 6.71. The van der Waals surface area contributed by atoms with Gasteiger partial charge in [-0.1, -0.05) is 30.3 Å². The second kappa shape index (κ2) is 5.05. The highest BCUT2D eigenvalue weighted by molar-refractivity contribution is 8.00. The van der Waals surface area contributed by atoms with Gasteiger partial charge in [-0.2, -0.15) is 0 Å². The lowest BCUT2D eigenvalue weighted by Crippen LogP contribution is -2.07. The van der Waals surface area contributed by atoms with Gasteiger partial charge in [0.2, 0.25) is 0 Å². The van der Waals surface area contributed by atoms with Crippen LogP contribution in [0.3, 0.4) is 0 Å². The Bertz CT molecular complexity index is 588.